The summed E-state index contributed by atoms with van der Waals surface area (Å²) in [4.78, 5) is 0. The molecular formula is C16H20BrN3. The number of nitrogens with zero attached hydrogens (tertiary/aromatic N) is 1. The zero-order chi connectivity index (χ0) is 14.1. The number of nitrogens with one attached hydrogen (secondary N) is 2. The summed E-state index contributed by atoms with van der Waals surface area (Å²) >= 11 is 3.71. The minimum absolute atomic E-state index is 0.403. The molecule has 4 heteroatoms. The first-order valence-corrected chi connectivity index (χ1v) is 8.03. The molecule has 0 bridgehead atoms. The lowest BCUT2D eigenvalue weighted by Crippen LogP contribution is -2.13. The van der Waals surface area contributed by atoms with E-state index >= 15 is 0 Å². The third kappa shape index (κ3) is 2.54. The monoisotopic (exact) mass is 333 g/mol. The molecule has 1 aliphatic rings. The van der Waals surface area contributed by atoms with Crippen molar-refractivity contribution in [1.82, 2.24) is 15.5 Å². The van der Waals surface area contributed by atoms with Gasteiger partial charge in [0.15, 0.2) is 0 Å². The largest absolute Gasteiger partial charge is 0.309 e. The second-order valence-corrected chi connectivity index (χ2v) is 6.52. The van der Waals surface area contributed by atoms with Crippen LogP contribution in [0, 0.1) is 0 Å². The SMILES string of the molecule is CC(C)c1ccc(-c2n[nH]c(C3CCCN3)c2Br)cc1. The number of aromatic nitrogens is 2. The molecule has 106 valence electrons. The number of halogens is 1. The molecule has 1 aliphatic heterocycles. The maximum atomic E-state index is 4.49. The number of hydrogen-bond donors (Lipinski definition) is 2. The molecule has 0 aliphatic carbocycles. The van der Waals surface area contributed by atoms with E-state index in [2.05, 4.69) is 69.6 Å². The molecule has 2 aromatic rings. The van der Waals surface area contributed by atoms with Gasteiger partial charge in [0.25, 0.3) is 0 Å². The Labute approximate surface area is 128 Å². The Morgan fingerprint density at radius 1 is 1.25 bits per heavy atom. The van der Waals surface area contributed by atoms with Crippen LogP contribution in [0.3, 0.4) is 0 Å². The summed E-state index contributed by atoms with van der Waals surface area (Å²) < 4.78 is 1.09. The van der Waals surface area contributed by atoms with Gasteiger partial charge in [-0.3, -0.25) is 5.10 Å². The summed E-state index contributed by atoms with van der Waals surface area (Å²) in [5.41, 5.74) is 4.69. The van der Waals surface area contributed by atoms with E-state index in [0.29, 0.717) is 12.0 Å². The van der Waals surface area contributed by atoms with Gasteiger partial charge in [-0.2, -0.15) is 5.10 Å². The lowest BCUT2D eigenvalue weighted by atomic mass is 10.0. The van der Waals surface area contributed by atoms with Gasteiger partial charge in [0.2, 0.25) is 0 Å². The number of aromatic amines is 1. The molecule has 1 atom stereocenters. The van der Waals surface area contributed by atoms with Crippen molar-refractivity contribution in [2.75, 3.05) is 6.54 Å². The molecule has 1 fully saturated rings. The van der Waals surface area contributed by atoms with Gasteiger partial charge < -0.3 is 5.32 Å². The molecule has 1 saturated heterocycles. The molecule has 2 N–H and O–H groups in total. The summed E-state index contributed by atoms with van der Waals surface area (Å²) in [6.07, 6.45) is 2.40. The zero-order valence-electron chi connectivity index (χ0n) is 11.9. The molecule has 1 aromatic heterocycles. The van der Waals surface area contributed by atoms with Gasteiger partial charge in [-0.05, 0) is 46.8 Å². The molecular weight excluding hydrogens is 314 g/mol. The highest BCUT2D eigenvalue weighted by molar-refractivity contribution is 9.10. The van der Waals surface area contributed by atoms with Crippen LogP contribution >= 0.6 is 15.9 Å². The van der Waals surface area contributed by atoms with Crippen LogP contribution in [0.4, 0.5) is 0 Å². The maximum Gasteiger partial charge on any atom is 0.107 e. The summed E-state index contributed by atoms with van der Waals surface area (Å²) in [6, 6.07) is 9.09. The van der Waals surface area contributed by atoms with Gasteiger partial charge in [-0.15, -0.1) is 0 Å². The average molecular weight is 334 g/mol. The lowest BCUT2D eigenvalue weighted by molar-refractivity contribution is 0.623. The first-order valence-electron chi connectivity index (χ1n) is 7.24. The van der Waals surface area contributed by atoms with Gasteiger partial charge in [-0.1, -0.05) is 38.1 Å². The first-order chi connectivity index (χ1) is 9.66. The van der Waals surface area contributed by atoms with E-state index in [4.69, 9.17) is 0 Å². The van der Waals surface area contributed by atoms with Crippen molar-refractivity contribution in [2.24, 2.45) is 0 Å². The third-order valence-corrected chi connectivity index (χ3v) is 4.79. The van der Waals surface area contributed by atoms with Crippen LogP contribution in [0.5, 0.6) is 0 Å². The topological polar surface area (TPSA) is 40.7 Å². The lowest BCUT2D eigenvalue weighted by Gasteiger charge is -2.08. The molecule has 3 rings (SSSR count). The molecule has 0 saturated carbocycles. The molecule has 0 spiro atoms. The summed E-state index contributed by atoms with van der Waals surface area (Å²) in [5, 5.41) is 11.2. The number of hydrogen-bond acceptors (Lipinski definition) is 2. The van der Waals surface area contributed by atoms with Crippen molar-refractivity contribution < 1.29 is 0 Å². The fraction of sp³-hybridized carbons (Fsp3) is 0.438. The quantitative estimate of drug-likeness (QED) is 0.874. The van der Waals surface area contributed by atoms with Gasteiger partial charge >= 0.3 is 0 Å². The summed E-state index contributed by atoms with van der Waals surface area (Å²) in [6.45, 7) is 5.52. The van der Waals surface area contributed by atoms with Crippen LogP contribution in [0.1, 0.15) is 49.9 Å². The number of H-pyrrole nitrogens is 1. The fourth-order valence-electron chi connectivity index (χ4n) is 2.72. The molecule has 1 aromatic carbocycles. The average Bonchev–Trinajstić information content (AvgIpc) is 3.08. The van der Waals surface area contributed by atoms with Gasteiger partial charge in [0.05, 0.1) is 16.2 Å². The first kappa shape index (κ1) is 13.8. The van der Waals surface area contributed by atoms with Crippen LogP contribution in [0.2, 0.25) is 0 Å². The predicted molar refractivity (Wildman–Crippen MR) is 85.8 cm³/mol. The van der Waals surface area contributed by atoms with Crippen molar-refractivity contribution in [2.45, 2.75) is 38.6 Å². The molecule has 2 heterocycles. The van der Waals surface area contributed by atoms with E-state index in [1.165, 1.54) is 24.1 Å². The second kappa shape index (κ2) is 5.70. The van der Waals surface area contributed by atoms with Crippen molar-refractivity contribution in [3.63, 3.8) is 0 Å². The van der Waals surface area contributed by atoms with Crippen LogP contribution < -0.4 is 5.32 Å². The minimum Gasteiger partial charge on any atom is -0.309 e. The zero-order valence-corrected chi connectivity index (χ0v) is 13.5. The van der Waals surface area contributed by atoms with E-state index in [9.17, 15) is 0 Å². The van der Waals surface area contributed by atoms with Gasteiger partial charge in [0, 0.05) is 5.56 Å². The molecule has 0 amide bonds. The van der Waals surface area contributed by atoms with Crippen molar-refractivity contribution in [3.8, 4) is 11.3 Å². The summed E-state index contributed by atoms with van der Waals surface area (Å²) in [5.74, 6) is 0.560. The molecule has 20 heavy (non-hydrogen) atoms. The second-order valence-electron chi connectivity index (χ2n) is 5.73. The van der Waals surface area contributed by atoms with Crippen LogP contribution in [0.25, 0.3) is 11.3 Å². The Bertz CT molecular complexity index is 580. The highest BCUT2D eigenvalue weighted by Gasteiger charge is 2.23. The smallest absolute Gasteiger partial charge is 0.107 e. The van der Waals surface area contributed by atoms with E-state index < -0.39 is 0 Å². The number of benzene rings is 1. The summed E-state index contributed by atoms with van der Waals surface area (Å²) in [7, 11) is 0. The molecule has 1 unspecified atom stereocenters. The number of rotatable bonds is 3. The van der Waals surface area contributed by atoms with Crippen molar-refractivity contribution in [3.05, 3.63) is 40.0 Å². The third-order valence-electron chi connectivity index (χ3n) is 3.99. The fourth-order valence-corrected chi connectivity index (χ4v) is 3.40. The van der Waals surface area contributed by atoms with E-state index in [0.717, 1.165) is 22.3 Å². The Morgan fingerprint density at radius 2 is 2.00 bits per heavy atom. The van der Waals surface area contributed by atoms with E-state index in [-0.39, 0.29) is 0 Å². The normalized spacial score (nSPS) is 18.9. The Hall–Kier alpha value is -1.13. The maximum absolute atomic E-state index is 4.49. The standard InChI is InChI=1S/C16H20BrN3/c1-10(2)11-5-7-12(8-6-11)15-14(17)16(20-19-15)13-4-3-9-18-13/h5-8,10,13,18H,3-4,9H2,1-2H3,(H,19,20). The predicted octanol–water partition coefficient (Wildman–Crippen LogP) is 4.39. The van der Waals surface area contributed by atoms with Crippen molar-refractivity contribution >= 4 is 15.9 Å². The van der Waals surface area contributed by atoms with Crippen molar-refractivity contribution in [1.29, 1.82) is 0 Å². The van der Waals surface area contributed by atoms with Crippen LogP contribution in [0.15, 0.2) is 28.7 Å². The van der Waals surface area contributed by atoms with Gasteiger partial charge in [0.1, 0.15) is 5.69 Å². The minimum atomic E-state index is 0.403. The Morgan fingerprint density at radius 3 is 2.60 bits per heavy atom. The Kier molecular flexibility index (Phi) is 3.94. The van der Waals surface area contributed by atoms with E-state index in [1.807, 2.05) is 0 Å². The molecule has 0 radical (unpaired) electrons. The highest BCUT2D eigenvalue weighted by Crippen LogP contribution is 2.35. The van der Waals surface area contributed by atoms with E-state index in [1.54, 1.807) is 0 Å². The van der Waals surface area contributed by atoms with Gasteiger partial charge in [-0.25, -0.2) is 0 Å². The highest BCUT2D eigenvalue weighted by atomic mass is 79.9. The molecule has 3 nitrogen and oxygen atoms in total. The van der Waals surface area contributed by atoms with Crippen LogP contribution in [-0.2, 0) is 0 Å². The Balaban J connectivity index is 1.90. The van der Waals surface area contributed by atoms with Crippen LogP contribution in [-0.4, -0.2) is 16.7 Å².